The van der Waals surface area contributed by atoms with Crippen LogP contribution in [0.3, 0.4) is 0 Å². The molecule has 0 bridgehead atoms. The first-order valence-electron chi connectivity index (χ1n) is 12.5. The molecule has 2 heterocycles. The fraction of sp³-hybridized carbons (Fsp3) is 0.310. The third-order valence-electron chi connectivity index (χ3n) is 6.15. The van der Waals surface area contributed by atoms with Crippen LogP contribution in [0.1, 0.15) is 43.5 Å². The Morgan fingerprint density at radius 3 is 2.51 bits per heavy atom. The molecule has 0 spiro atoms. The number of hydrogen-bond donors (Lipinski definition) is 0. The molecule has 1 atom stereocenters. The van der Waals surface area contributed by atoms with Gasteiger partial charge in [-0.1, -0.05) is 41.7 Å². The average molecular weight is 551 g/mol. The normalized spacial score (nSPS) is 14.9. The van der Waals surface area contributed by atoms with Crippen LogP contribution in [-0.4, -0.2) is 43.4 Å². The highest BCUT2D eigenvalue weighted by molar-refractivity contribution is 7.07. The standard InChI is InChI=1S/C29H30N2O7S/c1-6-36-22-14-20(12-13-21(22)38-16-24(32)35-5)26-25(28(34)37-7-2)18(4)30-29-31(26)27(33)23(39-29)15-19-11-9-8-10-17(19)3/h8-15,26H,6-7,16H2,1-5H3/b23-15-/t26-/m0/s1. The Labute approximate surface area is 229 Å². The number of allylic oxidation sites excluding steroid dienone is 1. The van der Waals surface area contributed by atoms with Crippen LogP contribution < -0.4 is 24.4 Å². The number of thiazole rings is 1. The first-order chi connectivity index (χ1) is 18.8. The summed E-state index contributed by atoms with van der Waals surface area (Å²) < 4.78 is 23.4. The van der Waals surface area contributed by atoms with Gasteiger partial charge < -0.3 is 18.9 Å². The first-order valence-corrected chi connectivity index (χ1v) is 13.3. The average Bonchev–Trinajstić information content (AvgIpc) is 3.22. The molecule has 1 aliphatic rings. The molecule has 1 aliphatic heterocycles. The van der Waals surface area contributed by atoms with Crippen molar-refractivity contribution in [3.05, 3.63) is 90.1 Å². The first kappa shape index (κ1) is 27.8. The van der Waals surface area contributed by atoms with Gasteiger partial charge in [-0.05, 0) is 62.6 Å². The van der Waals surface area contributed by atoms with Crippen molar-refractivity contribution in [1.82, 2.24) is 4.57 Å². The smallest absolute Gasteiger partial charge is 0.343 e. The van der Waals surface area contributed by atoms with Crippen LogP contribution in [0.15, 0.2) is 63.5 Å². The van der Waals surface area contributed by atoms with Crippen molar-refractivity contribution in [3.63, 3.8) is 0 Å². The third-order valence-corrected chi connectivity index (χ3v) is 7.13. The molecule has 0 amide bonds. The number of carbonyl (C=O) groups is 2. The monoisotopic (exact) mass is 550 g/mol. The summed E-state index contributed by atoms with van der Waals surface area (Å²) in [4.78, 5) is 43.7. The predicted molar refractivity (Wildman–Crippen MR) is 147 cm³/mol. The minimum Gasteiger partial charge on any atom is -0.490 e. The summed E-state index contributed by atoms with van der Waals surface area (Å²) >= 11 is 1.26. The van der Waals surface area contributed by atoms with Crippen molar-refractivity contribution in [2.24, 2.45) is 4.99 Å². The molecule has 39 heavy (non-hydrogen) atoms. The molecule has 0 N–H and O–H groups in total. The van der Waals surface area contributed by atoms with Gasteiger partial charge in [-0.2, -0.15) is 0 Å². The van der Waals surface area contributed by atoms with E-state index < -0.39 is 18.0 Å². The molecule has 10 heteroatoms. The zero-order chi connectivity index (χ0) is 28.1. The lowest BCUT2D eigenvalue weighted by molar-refractivity contribution is -0.143. The number of esters is 2. The van der Waals surface area contributed by atoms with Crippen LogP contribution in [-0.2, 0) is 19.1 Å². The van der Waals surface area contributed by atoms with E-state index in [1.54, 1.807) is 32.0 Å². The Bertz CT molecular complexity index is 1620. The van der Waals surface area contributed by atoms with Gasteiger partial charge in [0.25, 0.3) is 5.56 Å². The topological polar surface area (TPSA) is 105 Å². The zero-order valence-corrected chi connectivity index (χ0v) is 23.3. The number of benzene rings is 2. The lowest BCUT2D eigenvalue weighted by Gasteiger charge is -2.25. The molecular formula is C29H30N2O7S. The van der Waals surface area contributed by atoms with Gasteiger partial charge in [-0.3, -0.25) is 9.36 Å². The van der Waals surface area contributed by atoms with Crippen LogP contribution in [0.4, 0.5) is 0 Å². The highest BCUT2D eigenvalue weighted by Crippen LogP contribution is 2.36. The molecule has 0 saturated heterocycles. The van der Waals surface area contributed by atoms with Crippen molar-refractivity contribution in [2.75, 3.05) is 26.9 Å². The number of fused-ring (bicyclic) bond motifs is 1. The van der Waals surface area contributed by atoms with Crippen molar-refractivity contribution in [2.45, 2.75) is 33.7 Å². The summed E-state index contributed by atoms with van der Waals surface area (Å²) in [5.41, 5.74) is 3.01. The summed E-state index contributed by atoms with van der Waals surface area (Å²) in [6.07, 6.45) is 1.84. The number of aromatic nitrogens is 1. The largest absolute Gasteiger partial charge is 0.490 e. The SMILES string of the molecule is CCOC(=O)C1=C(C)N=c2s/c(=C\c3ccccc3C)c(=O)n2[C@H]1c1ccc(OCC(=O)OC)c(OCC)c1. The number of methoxy groups -OCH3 is 1. The van der Waals surface area contributed by atoms with Gasteiger partial charge in [0, 0.05) is 0 Å². The van der Waals surface area contributed by atoms with Gasteiger partial charge in [-0.25, -0.2) is 14.6 Å². The molecule has 3 aromatic rings. The molecular weight excluding hydrogens is 520 g/mol. The van der Waals surface area contributed by atoms with E-state index in [1.807, 2.05) is 44.2 Å². The summed E-state index contributed by atoms with van der Waals surface area (Å²) in [7, 11) is 1.28. The lowest BCUT2D eigenvalue weighted by Crippen LogP contribution is -2.40. The number of ether oxygens (including phenoxy) is 4. The Hall–Kier alpha value is -4.18. The van der Waals surface area contributed by atoms with Gasteiger partial charge in [0.15, 0.2) is 22.9 Å². The quantitative estimate of drug-likeness (QED) is 0.377. The van der Waals surface area contributed by atoms with E-state index in [-0.39, 0.29) is 24.3 Å². The highest BCUT2D eigenvalue weighted by Gasteiger charge is 2.34. The minimum absolute atomic E-state index is 0.171. The van der Waals surface area contributed by atoms with Gasteiger partial charge >= 0.3 is 11.9 Å². The van der Waals surface area contributed by atoms with Crippen molar-refractivity contribution < 1.29 is 28.5 Å². The van der Waals surface area contributed by atoms with Gasteiger partial charge in [0.05, 0.1) is 42.2 Å². The van der Waals surface area contributed by atoms with E-state index in [9.17, 15) is 14.4 Å². The predicted octanol–water partition coefficient (Wildman–Crippen LogP) is 3.06. The minimum atomic E-state index is -0.812. The Kier molecular flexibility index (Phi) is 8.65. The van der Waals surface area contributed by atoms with Crippen LogP contribution in [0, 0.1) is 6.92 Å². The van der Waals surface area contributed by atoms with Crippen LogP contribution in [0.2, 0.25) is 0 Å². The summed E-state index contributed by atoms with van der Waals surface area (Å²) in [5, 5.41) is 0. The summed E-state index contributed by atoms with van der Waals surface area (Å²) in [5.74, 6) is -0.401. The van der Waals surface area contributed by atoms with Gasteiger partial charge in [0.2, 0.25) is 0 Å². The fourth-order valence-corrected chi connectivity index (χ4v) is 5.31. The van der Waals surface area contributed by atoms with Crippen molar-refractivity contribution in [1.29, 1.82) is 0 Å². The van der Waals surface area contributed by atoms with E-state index in [0.29, 0.717) is 38.7 Å². The van der Waals surface area contributed by atoms with E-state index >= 15 is 0 Å². The molecule has 0 fully saturated rings. The second kappa shape index (κ2) is 12.1. The van der Waals surface area contributed by atoms with Crippen LogP contribution in [0.25, 0.3) is 6.08 Å². The summed E-state index contributed by atoms with van der Waals surface area (Å²) in [6, 6.07) is 12.1. The zero-order valence-electron chi connectivity index (χ0n) is 22.5. The highest BCUT2D eigenvalue weighted by atomic mass is 32.1. The molecule has 0 saturated carbocycles. The van der Waals surface area contributed by atoms with Crippen LogP contribution in [0.5, 0.6) is 11.5 Å². The Balaban J connectivity index is 1.91. The molecule has 2 aromatic carbocycles. The molecule has 4 rings (SSSR count). The van der Waals surface area contributed by atoms with Gasteiger partial charge in [-0.15, -0.1) is 0 Å². The van der Waals surface area contributed by atoms with E-state index in [4.69, 9.17) is 14.2 Å². The molecule has 1 aromatic heterocycles. The summed E-state index contributed by atoms with van der Waals surface area (Å²) in [6.45, 7) is 7.46. The lowest BCUT2D eigenvalue weighted by atomic mass is 9.95. The molecule has 0 radical (unpaired) electrons. The number of aryl methyl sites for hydroxylation is 1. The van der Waals surface area contributed by atoms with E-state index in [1.165, 1.54) is 23.0 Å². The third kappa shape index (κ3) is 5.80. The molecule has 0 aliphatic carbocycles. The van der Waals surface area contributed by atoms with E-state index in [0.717, 1.165) is 11.1 Å². The second-order valence-corrected chi connectivity index (χ2v) is 9.67. The number of rotatable bonds is 9. The number of carbonyl (C=O) groups excluding carboxylic acids is 2. The fourth-order valence-electron chi connectivity index (χ4n) is 4.27. The van der Waals surface area contributed by atoms with Crippen molar-refractivity contribution >= 4 is 29.4 Å². The Morgan fingerprint density at radius 2 is 1.82 bits per heavy atom. The Morgan fingerprint density at radius 1 is 1.05 bits per heavy atom. The number of nitrogens with zero attached hydrogens (tertiary/aromatic N) is 2. The van der Waals surface area contributed by atoms with Crippen molar-refractivity contribution in [3.8, 4) is 11.5 Å². The van der Waals surface area contributed by atoms with E-state index in [2.05, 4.69) is 9.73 Å². The maximum Gasteiger partial charge on any atom is 0.343 e. The molecule has 204 valence electrons. The maximum atomic E-state index is 13.8. The molecule has 0 unspecified atom stereocenters. The maximum absolute atomic E-state index is 13.8. The van der Waals surface area contributed by atoms with Crippen LogP contribution >= 0.6 is 11.3 Å². The second-order valence-electron chi connectivity index (χ2n) is 8.66. The molecule has 9 nitrogen and oxygen atoms in total. The number of hydrogen-bond acceptors (Lipinski definition) is 9. The van der Waals surface area contributed by atoms with Gasteiger partial charge in [0.1, 0.15) is 0 Å².